The third-order valence-electron chi connectivity index (χ3n) is 6.88. The lowest BCUT2D eigenvalue weighted by molar-refractivity contribution is -0.127. The van der Waals surface area contributed by atoms with Crippen molar-refractivity contribution in [2.24, 2.45) is 11.8 Å². The number of aryl methyl sites for hydroxylation is 1. The van der Waals surface area contributed by atoms with Gasteiger partial charge in [-0.2, -0.15) is 0 Å². The van der Waals surface area contributed by atoms with Crippen molar-refractivity contribution in [1.29, 1.82) is 0 Å². The molecule has 3 saturated heterocycles. The summed E-state index contributed by atoms with van der Waals surface area (Å²) in [5.74, 6) is 3.18. The third kappa shape index (κ3) is 3.34. The number of hydrogen-bond donors (Lipinski definition) is 1. The topological polar surface area (TPSA) is 71.3 Å². The molecule has 1 N–H and O–H groups in total. The van der Waals surface area contributed by atoms with Crippen LogP contribution in [0.15, 0.2) is 28.9 Å². The van der Waals surface area contributed by atoms with E-state index in [9.17, 15) is 4.79 Å². The van der Waals surface area contributed by atoms with Crippen molar-refractivity contribution in [2.75, 3.05) is 19.6 Å². The zero-order valence-corrected chi connectivity index (χ0v) is 16.4. The summed E-state index contributed by atoms with van der Waals surface area (Å²) in [6.45, 7) is 4.89. The summed E-state index contributed by atoms with van der Waals surface area (Å²) in [6, 6.07) is 6.41. The molecule has 2 aromatic rings. The Kier molecular flexibility index (Phi) is 4.67. The van der Waals surface area contributed by atoms with Crippen LogP contribution >= 0.6 is 0 Å². The van der Waals surface area contributed by atoms with E-state index in [1.165, 1.54) is 12.8 Å². The van der Waals surface area contributed by atoms with Gasteiger partial charge in [0.25, 0.3) is 0 Å². The number of carbonyl (C=O) groups excluding carboxylic acids is 1. The maximum atomic E-state index is 12.2. The predicted octanol–water partition coefficient (Wildman–Crippen LogP) is 3.14. The molecule has 0 spiro atoms. The smallest absolute Gasteiger partial charge is 0.223 e. The van der Waals surface area contributed by atoms with E-state index in [0.29, 0.717) is 17.9 Å². The number of amides is 1. The van der Waals surface area contributed by atoms with Gasteiger partial charge in [0.1, 0.15) is 11.5 Å². The molecule has 4 atom stereocenters. The Morgan fingerprint density at radius 2 is 2.21 bits per heavy atom. The largest absolute Gasteiger partial charge is 0.463 e. The maximum absolute atomic E-state index is 12.2. The Hall–Kier alpha value is -2.21. The average Bonchev–Trinajstić information content (AvgIpc) is 3.20. The molecule has 2 bridgehead atoms. The van der Waals surface area contributed by atoms with Crippen molar-refractivity contribution >= 4 is 5.91 Å². The van der Waals surface area contributed by atoms with E-state index in [0.717, 1.165) is 61.9 Å². The molecule has 2 aromatic heterocycles. The van der Waals surface area contributed by atoms with E-state index < -0.39 is 0 Å². The highest BCUT2D eigenvalue weighted by Gasteiger charge is 2.41. The number of piperidine rings is 3. The second kappa shape index (κ2) is 7.32. The summed E-state index contributed by atoms with van der Waals surface area (Å²) >= 11 is 0. The Morgan fingerprint density at radius 1 is 1.32 bits per heavy atom. The Bertz CT molecular complexity index is 846. The molecule has 0 aromatic carbocycles. The van der Waals surface area contributed by atoms with E-state index in [1.54, 1.807) is 6.26 Å². The van der Waals surface area contributed by atoms with Crippen molar-refractivity contribution in [3.8, 4) is 11.5 Å². The van der Waals surface area contributed by atoms with Gasteiger partial charge in [0.2, 0.25) is 5.91 Å². The van der Waals surface area contributed by atoms with Gasteiger partial charge in [-0.3, -0.25) is 9.69 Å². The van der Waals surface area contributed by atoms with Crippen LogP contribution in [0.5, 0.6) is 0 Å². The van der Waals surface area contributed by atoms with Crippen molar-refractivity contribution in [1.82, 2.24) is 20.2 Å². The molecule has 4 fully saturated rings. The van der Waals surface area contributed by atoms with Gasteiger partial charge >= 0.3 is 0 Å². The predicted molar refractivity (Wildman–Crippen MR) is 106 cm³/mol. The first-order valence-electron chi connectivity index (χ1n) is 10.6. The molecule has 1 amide bonds. The lowest BCUT2D eigenvalue weighted by Gasteiger charge is -2.50. The fraction of sp³-hybridized carbons (Fsp3) is 0.591. The zero-order chi connectivity index (χ0) is 19.1. The number of nitrogens with zero attached hydrogens (tertiary/aromatic N) is 3. The molecule has 1 saturated carbocycles. The maximum Gasteiger partial charge on any atom is 0.223 e. The number of fused-ring (bicyclic) bond motifs is 3. The van der Waals surface area contributed by atoms with Gasteiger partial charge in [-0.1, -0.05) is 6.42 Å². The molecule has 6 nitrogen and oxygen atoms in total. The summed E-state index contributed by atoms with van der Waals surface area (Å²) in [5, 5.41) is 3.21. The number of nitrogens with one attached hydrogen (secondary N) is 1. The number of aromatic nitrogens is 2. The van der Waals surface area contributed by atoms with Gasteiger partial charge in [-0.15, -0.1) is 0 Å². The molecular formula is C22H28N4O2. The van der Waals surface area contributed by atoms with Gasteiger partial charge in [0.05, 0.1) is 6.26 Å². The SMILES string of the molecule is Cc1nc(-c2ccco2)cc([C@H]2CN3CC[C@H]2C[C@@H]3CNC(=O)C2CCC2)n1. The Balaban J connectivity index is 1.28. The highest BCUT2D eigenvalue weighted by molar-refractivity contribution is 5.79. The van der Waals surface area contributed by atoms with Gasteiger partial charge in [0, 0.05) is 36.7 Å². The first kappa shape index (κ1) is 17.9. The van der Waals surface area contributed by atoms with Crippen LogP contribution in [-0.2, 0) is 4.79 Å². The van der Waals surface area contributed by atoms with Crippen LogP contribution in [0.25, 0.3) is 11.5 Å². The summed E-state index contributed by atoms with van der Waals surface area (Å²) in [4.78, 5) is 24.1. The standard InChI is InChI=1S/C22H28N4O2/c1-14-24-19(11-20(25-14)21-6-3-9-28-21)18-13-26-8-7-16(18)10-17(26)12-23-22(27)15-4-2-5-15/h3,6,9,11,15-18H,2,4-5,7-8,10,12-13H2,1H3,(H,23,27)/t16-,17+,18-/m0/s1. The Morgan fingerprint density at radius 3 is 2.89 bits per heavy atom. The molecule has 3 aliphatic heterocycles. The molecular weight excluding hydrogens is 352 g/mol. The van der Waals surface area contributed by atoms with Gasteiger partial charge in [-0.25, -0.2) is 9.97 Å². The molecule has 28 heavy (non-hydrogen) atoms. The molecule has 0 radical (unpaired) electrons. The minimum absolute atomic E-state index is 0.264. The fourth-order valence-electron chi connectivity index (χ4n) is 5.05. The van der Waals surface area contributed by atoms with E-state index in [1.807, 2.05) is 19.1 Å². The fourth-order valence-corrected chi connectivity index (χ4v) is 5.05. The highest BCUT2D eigenvalue weighted by atomic mass is 16.3. The summed E-state index contributed by atoms with van der Waals surface area (Å²) in [7, 11) is 0. The Labute approximate surface area is 165 Å². The monoisotopic (exact) mass is 380 g/mol. The van der Waals surface area contributed by atoms with E-state index in [-0.39, 0.29) is 11.8 Å². The molecule has 1 aliphatic carbocycles. The highest BCUT2D eigenvalue weighted by Crippen LogP contribution is 2.41. The van der Waals surface area contributed by atoms with Crippen LogP contribution in [0.2, 0.25) is 0 Å². The van der Waals surface area contributed by atoms with Crippen LogP contribution in [-0.4, -0.2) is 46.5 Å². The first-order chi connectivity index (χ1) is 13.7. The second-order valence-corrected chi connectivity index (χ2v) is 8.62. The number of rotatable bonds is 5. The minimum atomic E-state index is 0.264. The van der Waals surface area contributed by atoms with Crippen LogP contribution in [0.4, 0.5) is 0 Å². The number of hydrogen-bond acceptors (Lipinski definition) is 5. The lowest BCUT2D eigenvalue weighted by Crippen LogP contribution is -2.56. The lowest BCUT2D eigenvalue weighted by atomic mass is 9.74. The van der Waals surface area contributed by atoms with Crippen LogP contribution in [0.3, 0.4) is 0 Å². The molecule has 6 heteroatoms. The molecule has 1 unspecified atom stereocenters. The van der Waals surface area contributed by atoms with Crippen molar-refractivity contribution < 1.29 is 9.21 Å². The van der Waals surface area contributed by atoms with Crippen LogP contribution < -0.4 is 5.32 Å². The van der Waals surface area contributed by atoms with Crippen LogP contribution in [0, 0.1) is 18.8 Å². The summed E-state index contributed by atoms with van der Waals surface area (Å²) < 4.78 is 5.54. The minimum Gasteiger partial charge on any atom is -0.463 e. The molecule has 5 heterocycles. The van der Waals surface area contributed by atoms with E-state index in [4.69, 9.17) is 9.40 Å². The zero-order valence-electron chi connectivity index (χ0n) is 16.4. The van der Waals surface area contributed by atoms with Crippen molar-refractivity contribution in [3.63, 3.8) is 0 Å². The second-order valence-electron chi connectivity index (χ2n) is 8.62. The quantitative estimate of drug-likeness (QED) is 0.863. The van der Waals surface area contributed by atoms with Crippen molar-refractivity contribution in [2.45, 2.75) is 51.0 Å². The number of furan rings is 1. The molecule has 148 valence electrons. The molecule has 4 aliphatic rings. The normalized spacial score (nSPS) is 29.5. The van der Waals surface area contributed by atoms with Gasteiger partial charge in [0.15, 0.2) is 5.76 Å². The van der Waals surface area contributed by atoms with Gasteiger partial charge < -0.3 is 9.73 Å². The first-order valence-corrected chi connectivity index (χ1v) is 10.6. The average molecular weight is 380 g/mol. The van der Waals surface area contributed by atoms with Crippen molar-refractivity contribution in [3.05, 3.63) is 36.0 Å². The van der Waals surface area contributed by atoms with E-state index in [2.05, 4.69) is 21.3 Å². The van der Waals surface area contributed by atoms with Crippen LogP contribution in [0.1, 0.15) is 49.5 Å². The summed E-state index contributed by atoms with van der Waals surface area (Å²) in [5.41, 5.74) is 2.00. The number of carbonyl (C=O) groups is 1. The van der Waals surface area contributed by atoms with Gasteiger partial charge in [-0.05, 0) is 63.3 Å². The third-order valence-corrected chi connectivity index (χ3v) is 6.88. The summed E-state index contributed by atoms with van der Waals surface area (Å²) in [6.07, 6.45) is 7.36. The molecule has 6 rings (SSSR count). The van der Waals surface area contributed by atoms with E-state index >= 15 is 0 Å².